The van der Waals surface area contributed by atoms with Crippen LogP contribution in [0.1, 0.15) is 0 Å². The van der Waals surface area contributed by atoms with Crippen LogP contribution in [0, 0.1) is 0 Å². The van der Waals surface area contributed by atoms with E-state index in [1.165, 1.54) is 6.20 Å². The van der Waals surface area contributed by atoms with E-state index in [1.807, 2.05) is 0 Å². The van der Waals surface area contributed by atoms with Crippen LogP contribution in [0.25, 0.3) is 0 Å². The van der Waals surface area contributed by atoms with Crippen molar-refractivity contribution in [1.29, 1.82) is 0 Å². The van der Waals surface area contributed by atoms with Crippen molar-refractivity contribution in [2.45, 2.75) is 0 Å². The Bertz CT molecular complexity index is 165. The van der Waals surface area contributed by atoms with Gasteiger partial charge in [-0.05, 0) is 0 Å². The molecule has 0 aliphatic carbocycles. The highest BCUT2D eigenvalue weighted by Crippen LogP contribution is 1.97. The van der Waals surface area contributed by atoms with Crippen LogP contribution in [0.4, 0.5) is 0 Å². The summed E-state index contributed by atoms with van der Waals surface area (Å²) in [5.74, 6) is 0.458. The summed E-state index contributed by atoms with van der Waals surface area (Å²) in [6, 6.07) is 0. The molecule has 4 heteroatoms. The second kappa shape index (κ2) is 2.99. The van der Waals surface area contributed by atoms with Gasteiger partial charge in [-0.25, -0.2) is 4.98 Å². The minimum Gasteiger partial charge on any atom is -0.461 e. The topological polar surface area (TPSA) is 61.0 Å². The molecule has 9 heavy (non-hydrogen) atoms. The molecular formula is C5H7N3O. The molecule has 0 fully saturated rings. The summed E-state index contributed by atoms with van der Waals surface area (Å²) >= 11 is 0. The molecule has 0 saturated carbocycles. The average molecular weight is 125 g/mol. The van der Waals surface area contributed by atoms with Gasteiger partial charge in [-0.2, -0.15) is 0 Å². The maximum atomic E-state index is 5.07. The third-order valence-corrected chi connectivity index (χ3v) is 0.771. The predicted octanol–water partition coefficient (Wildman–Crippen LogP) is -0.228. The Labute approximate surface area is 52.7 Å². The number of nitrogens with zero attached hydrogens (tertiary/aromatic N) is 2. The zero-order valence-electron chi connectivity index (χ0n) is 4.82. The lowest BCUT2D eigenvalue weighted by Crippen LogP contribution is -2.08. The highest BCUT2D eigenvalue weighted by molar-refractivity contribution is 5.00. The number of rotatable bonds is 2. The Morgan fingerprint density at radius 2 is 2.44 bits per heavy atom. The van der Waals surface area contributed by atoms with Gasteiger partial charge < -0.3 is 4.74 Å². The summed E-state index contributed by atoms with van der Waals surface area (Å²) in [5.41, 5.74) is 5.07. The normalized spacial score (nSPS) is 9.00. The Morgan fingerprint density at radius 3 is 3.00 bits per heavy atom. The third kappa shape index (κ3) is 1.65. The first-order valence-electron chi connectivity index (χ1n) is 2.52. The van der Waals surface area contributed by atoms with E-state index in [-0.39, 0.29) is 6.73 Å². The maximum absolute atomic E-state index is 5.07. The van der Waals surface area contributed by atoms with Gasteiger partial charge in [0.2, 0.25) is 5.88 Å². The molecule has 1 rings (SSSR count). The fraction of sp³-hybridized carbons (Fsp3) is 0.200. The van der Waals surface area contributed by atoms with Crippen molar-refractivity contribution in [2.75, 3.05) is 6.73 Å². The first-order chi connectivity index (χ1) is 4.43. The molecule has 4 nitrogen and oxygen atoms in total. The minimum atomic E-state index is 0.138. The zero-order chi connectivity index (χ0) is 6.53. The van der Waals surface area contributed by atoms with Gasteiger partial charge >= 0.3 is 0 Å². The highest BCUT2D eigenvalue weighted by atomic mass is 16.5. The van der Waals surface area contributed by atoms with Crippen LogP contribution in [-0.4, -0.2) is 16.7 Å². The van der Waals surface area contributed by atoms with Gasteiger partial charge in [0, 0.05) is 12.4 Å². The number of ether oxygens (including phenoxy) is 1. The summed E-state index contributed by atoms with van der Waals surface area (Å²) < 4.78 is 4.81. The van der Waals surface area contributed by atoms with E-state index in [9.17, 15) is 0 Å². The van der Waals surface area contributed by atoms with Crippen molar-refractivity contribution in [2.24, 2.45) is 5.73 Å². The van der Waals surface area contributed by atoms with Crippen molar-refractivity contribution in [3.05, 3.63) is 18.6 Å². The molecule has 1 aromatic heterocycles. The molecule has 0 aromatic carbocycles. The van der Waals surface area contributed by atoms with Crippen molar-refractivity contribution >= 4 is 0 Å². The van der Waals surface area contributed by atoms with Crippen LogP contribution in [0.15, 0.2) is 18.6 Å². The van der Waals surface area contributed by atoms with E-state index in [0.717, 1.165) is 0 Å². The van der Waals surface area contributed by atoms with Crippen LogP contribution in [0.3, 0.4) is 0 Å². The summed E-state index contributed by atoms with van der Waals surface area (Å²) in [6.45, 7) is 0.138. The Balaban J connectivity index is 2.61. The van der Waals surface area contributed by atoms with Crippen molar-refractivity contribution < 1.29 is 4.74 Å². The fourth-order valence-corrected chi connectivity index (χ4v) is 0.445. The fourth-order valence-electron chi connectivity index (χ4n) is 0.445. The number of aromatic nitrogens is 2. The van der Waals surface area contributed by atoms with Gasteiger partial charge in [-0.15, -0.1) is 0 Å². The summed E-state index contributed by atoms with van der Waals surface area (Å²) in [7, 11) is 0. The van der Waals surface area contributed by atoms with Gasteiger partial charge in [0.15, 0.2) is 0 Å². The number of hydrogen-bond donors (Lipinski definition) is 1. The van der Waals surface area contributed by atoms with E-state index in [0.29, 0.717) is 5.88 Å². The molecule has 0 atom stereocenters. The second-order valence-corrected chi connectivity index (χ2v) is 1.35. The van der Waals surface area contributed by atoms with Crippen LogP contribution in [0.5, 0.6) is 5.88 Å². The lowest BCUT2D eigenvalue weighted by molar-refractivity contribution is 0.315. The molecule has 2 N–H and O–H groups in total. The quantitative estimate of drug-likeness (QED) is 0.555. The standard InChI is InChI=1S/C5H7N3O/c6-4-9-5-3-7-1-2-8-5/h1-3H,4,6H2. The van der Waals surface area contributed by atoms with E-state index < -0.39 is 0 Å². The van der Waals surface area contributed by atoms with Gasteiger partial charge in [0.05, 0.1) is 6.20 Å². The number of nitrogens with two attached hydrogens (primary N) is 1. The molecule has 1 heterocycles. The molecule has 0 saturated heterocycles. The Kier molecular flexibility index (Phi) is 1.98. The summed E-state index contributed by atoms with van der Waals surface area (Å²) in [4.78, 5) is 7.56. The summed E-state index contributed by atoms with van der Waals surface area (Å²) in [5, 5.41) is 0. The molecule has 0 unspecified atom stereocenters. The minimum absolute atomic E-state index is 0.138. The predicted molar refractivity (Wildman–Crippen MR) is 31.7 cm³/mol. The molecule has 0 spiro atoms. The van der Waals surface area contributed by atoms with Gasteiger partial charge in [0.25, 0.3) is 0 Å². The van der Waals surface area contributed by atoms with E-state index in [2.05, 4.69) is 9.97 Å². The molecular weight excluding hydrogens is 118 g/mol. The first-order valence-corrected chi connectivity index (χ1v) is 2.52. The van der Waals surface area contributed by atoms with E-state index in [4.69, 9.17) is 10.5 Å². The second-order valence-electron chi connectivity index (χ2n) is 1.35. The smallest absolute Gasteiger partial charge is 0.233 e. The highest BCUT2D eigenvalue weighted by Gasteiger charge is 1.87. The number of hydrogen-bond acceptors (Lipinski definition) is 4. The maximum Gasteiger partial charge on any atom is 0.233 e. The van der Waals surface area contributed by atoms with Gasteiger partial charge in [-0.1, -0.05) is 0 Å². The Hall–Kier alpha value is -1.16. The molecule has 48 valence electrons. The summed E-state index contributed by atoms with van der Waals surface area (Å²) in [6.07, 6.45) is 4.63. The van der Waals surface area contributed by atoms with Crippen LogP contribution >= 0.6 is 0 Å². The monoisotopic (exact) mass is 125 g/mol. The molecule has 0 aliphatic rings. The molecule has 0 aliphatic heterocycles. The van der Waals surface area contributed by atoms with Crippen molar-refractivity contribution in [3.8, 4) is 5.88 Å². The third-order valence-electron chi connectivity index (χ3n) is 0.771. The molecule has 0 amide bonds. The Morgan fingerprint density at radius 1 is 1.56 bits per heavy atom. The lowest BCUT2D eigenvalue weighted by Gasteiger charge is -1.96. The first kappa shape index (κ1) is 5.97. The van der Waals surface area contributed by atoms with Crippen molar-refractivity contribution in [3.63, 3.8) is 0 Å². The van der Waals surface area contributed by atoms with Gasteiger partial charge in [-0.3, -0.25) is 10.7 Å². The zero-order valence-corrected chi connectivity index (χ0v) is 4.82. The SMILES string of the molecule is NCOc1cnccn1. The van der Waals surface area contributed by atoms with E-state index >= 15 is 0 Å². The van der Waals surface area contributed by atoms with E-state index in [1.54, 1.807) is 12.4 Å². The average Bonchev–Trinajstić information content (AvgIpc) is 1.91. The lowest BCUT2D eigenvalue weighted by atomic mass is 10.7. The van der Waals surface area contributed by atoms with Crippen molar-refractivity contribution in [1.82, 2.24) is 9.97 Å². The van der Waals surface area contributed by atoms with Crippen LogP contribution in [0.2, 0.25) is 0 Å². The molecule has 1 aromatic rings. The van der Waals surface area contributed by atoms with Gasteiger partial charge in [0.1, 0.15) is 6.73 Å². The van der Waals surface area contributed by atoms with Crippen LogP contribution in [-0.2, 0) is 0 Å². The molecule has 0 bridgehead atoms. The van der Waals surface area contributed by atoms with Crippen LogP contribution < -0.4 is 10.5 Å². The molecule has 0 radical (unpaired) electrons. The largest absolute Gasteiger partial charge is 0.461 e.